The molecule has 1 heterocycles. The van der Waals surface area contributed by atoms with Gasteiger partial charge >= 0.3 is 5.97 Å². The number of fused-ring (bicyclic) bond motifs is 1. The van der Waals surface area contributed by atoms with Crippen LogP contribution in [0.15, 0.2) is 102 Å². The van der Waals surface area contributed by atoms with Crippen molar-refractivity contribution in [3.63, 3.8) is 0 Å². The summed E-state index contributed by atoms with van der Waals surface area (Å²) in [6.45, 7) is 6.11. The van der Waals surface area contributed by atoms with E-state index in [2.05, 4.69) is 29.5 Å². The van der Waals surface area contributed by atoms with E-state index in [1.807, 2.05) is 60.7 Å². The predicted molar refractivity (Wildman–Crippen MR) is 155 cm³/mol. The molecule has 2 unspecified atom stereocenters. The molecule has 0 aliphatic heterocycles. The number of benzene rings is 2. The van der Waals surface area contributed by atoms with Crippen molar-refractivity contribution in [2.75, 3.05) is 0 Å². The molecule has 2 N–H and O–H groups in total. The van der Waals surface area contributed by atoms with E-state index in [1.54, 1.807) is 12.2 Å². The number of imidazole rings is 1. The van der Waals surface area contributed by atoms with Gasteiger partial charge in [0.15, 0.2) is 5.78 Å². The van der Waals surface area contributed by atoms with E-state index >= 15 is 0 Å². The van der Waals surface area contributed by atoms with Crippen molar-refractivity contribution in [1.29, 1.82) is 0 Å². The van der Waals surface area contributed by atoms with Crippen LogP contribution in [0.4, 0.5) is 0 Å². The lowest BCUT2D eigenvalue weighted by Gasteiger charge is -2.25. The third kappa shape index (κ3) is 6.67. The van der Waals surface area contributed by atoms with E-state index in [4.69, 9.17) is 11.6 Å². The summed E-state index contributed by atoms with van der Waals surface area (Å²) in [6.07, 6.45) is 13.4. The van der Waals surface area contributed by atoms with Crippen LogP contribution < -0.4 is 0 Å². The van der Waals surface area contributed by atoms with Crippen LogP contribution in [0.3, 0.4) is 0 Å². The second-order valence-corrected chi connectivity index (χ2v) is 9.97. The summed E-state index contributed by atoms with van der Waals surface area (Å²) in [4.78, 5) is 32.9. The molecule has 194 valence electrons. The molecule has 1 aliphatic rings. The minimum Gasteiger partial charge on any atom is -0.478 e. The average molecular weight is 527 g/mol. The molecule has 4 rings (SSSR count). The Hall–Kier alpha value is -3.96. The van der Waals surface area contributed by atoms with Crippen LogP contribution in [-0.2, 0) is 9.59 Å². The number of H-pyrrole nitrogens is 1. The zero-order valence-corrected chi connectivity index (χ0v) is 22.1. The average Bonchev–Trinajstić information content (AvgIpc) is 3.34. The van der Waals surface area contributed by atoms with Gasteiger partial charge < -0.3 is 10.1 Å². The smallest absolute Gasteiger partial charge is 0.328 e. The summed E-state index contributed by atoms with van der Waals surface area (Å²) in [7, 11) is 0. The highest BCUT2D eigenvalue weighted by atomic mass is 35.5. The van der Waals surface area contributed by atoms with E-state index in [-0.39, 0.29) is 17.6 Å². The van der Waals surface area contributed by atoms with Crippen LogP contribution in [0, 0.1) is 11.8 Å². The number of ketones is 1. The lowest BCUT2D eigenvalue weighted by Crippen LogP contribution is -2.19. The number of hydrogen-bond donors (Lipinski definition) is 2. The molecule has 5 nitrogen and oxygen atoms in total. The van der Waals surface area contributed by atoms with Gasteiger partial charge in [-0.25, -0.2) is 9.78 Å². The van der Waals surface area contributed by atoms with Gasteiger partial charge in [-0.05, 0) is 54.0 Å². The molecule has 2 aromatic carbocycles. The molecule has 2 atom stereocenters. The number of aliphatic carboxylic acids is 1. The molecule has 3 aromatic rings. The number of carboxylic acids is 1. The highest BCUT2D eigenvalue weighted by molar-refractivity contribution is 6.29. The number of carbonyl (C=O) groups is 2. The number of Topliss-reactive ketones (excluding diaryl/α,β-unsaturated/α-hetero) is 1. The SMILES string of the molecule is C=C(/C=C\C(=C\C(=O)O)c1ccccc1-c1nc2ccccc2[nH]1)C(=O)CC(CCC)C1C=CC=C(Cl)C1. The van der Waals surface area contributed by atoms with Crippen LogP contribution >= 0.6 is 11.6 Å². The van der Waals surface area contributed by atoms with Crippen LogP contribution in [0.2, 0.25) is 0 Å². The Bertz CT molecular complexity index is 1440. The third-order valence-corrected chi connectivity index (χ3v) is 7.04. The number of aromatic amines is 1. The molecule has 0 radical (unpaired) electrons. The fourth-order valence-corrected chi connectivity index (χ4v) is 5.10. The van der Waals surface area contributed by atoms with Gasteiger partial charge in [-0.1, -0.05) is 92.2 Å². The maximum absolute atomic E-state index is 13.1. The first-order chi connectivity index (χ1) is 18.4. The zero-order chi connectivity index (χ0) is 27.1. The second-order valence-electron chi connectivity index (χ2n) is 9.49. The summed E-state index contributed by atoms with van der Waals surface area (Å²) in [5.74, 6) is -0.125. The first-order valence-corrected chi connectivity index (χ1v) is 13.2. The van der Waals surface area contributed by atoms with Crippen LogP contribution in [0.5, 0.6) is 0 Å². The van der Waals surface area contributed by atoms with Gasteiger partial charge in [0.25, 0.3) is 0 Å². The molecule has 0 amide bonds. The van der Waals surface area contributed by atoms with Gasteiger partial charge in [-0.15, -0.1) is 0 Å². The number of hydrogen-bond acceptors (Lipinski definition) is 3. The van der Waals surface area contributed by atoms with Gasteiger partial charge in [0.1, 0.15) is 5.82 Å². The monoisotopic (exact) mass is 526 g/mol. The minimum absolute atomic E-state index is 0.0565. The normalized spacial score (nSPS) is 16.5. The Morgan fingerprint density at radius 1 is 1.18 bits per heavy atom. The number of halogens is 1. The van der Waals surface area contributed by atoms with E-state index in [0.29, 0.717) is 29.0 Å². The molecular weight excluding hydrogens is 496 g/mol. The molecule has 0 saturated carbocycles. The molecule has 0 bridgehead atoms. The number of para-hydroxylation sites is 2. The predicted octanol–water partition coefficient (Wildman–Crippen LogP) is 7.88. The van der Waals surface area contributed by atoms with Gasteiger partial charge in [-0.3, -0.25) is 4.79 Å². The number of carboxylic acid groups (broad SMARTS) is 1. The second kappa shape index (κ2) is 12.5. The Morgan fingerprint density at radius 2 is 1.95 bits per heavy atom. The number of rotatable bonds is 11. The molecule has 0 spiro atoms. The highest BCUT2D eigenvalue weighted by Crippen LogP contribution is 2.34. The van der Waals surface area contributed by atoms with Crippen molar-refractivity contribution in [3.05, 3.63) is 108 Å². The van der Waals surface area contributed by atoms with Crippen molar-refractivity contribution in [2.24, 2.45) is 11.8 Å². The Balaban J connectivity index is 1.57. The number of nitrogens with zero attached hydrogens (tertiary/aromatic N) is 1. The van der Waals surface area contributed by atoms with Gasteiger partial charge in [0, 0.05) is 28.7 Å². The molecule has 0 saturated heterocycles. The van der Waals surface area contributed by atoms with E-state index in [1.165, 1.54) is 0 Å². The first kappa shape index (κ1) is 27.1. The fraction of sp³-hybridized carbons (Fsp3) is 0.219. The van der Waals surface area contributed by atoms with Crippen molar-refractivity contribution < 1.29 is 14.7 Å². The summed E-state index contributed by atoms with van der Waals surface area (Å²) in [6, 6.07) is 15.2. The van der Waals surface area contributed by atoms with Crippen LogP contribution in [0.1, 0.15) is 38.2 Å². The van der Waals surface area contributed by atoms with Gasteiger partial charge in [0.05, 0.1) is 11.0 Å². The standard InChI is InChI=1S/C32H31ClN2O3/c1-3-9-22(23-10-8-11-25(33)18-23)19-30(36)21(2)16-17-24(20-31(37)38)26-12-4-5-13-27(26)32-34-28-14-6-7-15-29(28)35-32/h4-8,10-17,20,22-23H,2-3,9,18-19H2,1H3,(H,34,35)(H,37,38)/b17-16-,24-20-. The largest absolute Gasteiger partial charge is 0.478 e. The molecule has 1 aromatic heterocycles. The molecular formula is C32H31ClN2O3. The number of carbonyl (C=O) groups excluding carboxylic acids is 1. The summed E-state index contributed by atoms with van der Waals surface area (Å²) >= 11 is 6.25. The van der Waals surface area contributed by atoms with E-state index in [9.17, 15) is 14.7 Å². The van der Waals surface area contributed by atoms with Crippen molar-refractivity contribution in [3.8, 4) is 11.4 Å². The highest BCUT2D eigenvalue weighted by Gasteiger charge is 2.24. The molecule has 38 heavy (non-hydrogen) atoms. The Kier molecular flexibility index (Phi) is 8.93. The summed E-state index contributed by atoms with van der Waals surface area (Å²) in [5, 5.41) is 10.4. The Labute approximate surface area is 227 Å². The maximum atomic E-state index is 13.1. The summed E-state index contributed by atoms with van der Waals surface area (Å²) < 4.78 is 0. The third-order valence-electron chi connectivity index (χ3n) is 6.76. The lowest BCUT2D eigenvalue weighted by atomic mass is 9.80. The maximum Gasteiger partial charge on any atom is 0.328 e. The summed E-state index contributed by atoms with van der Waals surface area (Å²) in [5.41, 5.74) is 3.94. The van der Waals surface area contributed by atoms with Crippen LogP contribution in [-0.4, -0.2) is 26.8 Å². The fourth-order valence-electron chi connectivity index (χ4n) is 4.85. The van der Waals surface area contributed by atoms with Gasteiger partial charge in [-0.2, -0.15) is 0 Å². The zero-order valence-electron chi connectivity index (χ0n) is 21.4. The quantitative estimate of drug-likeness (QED) is 0.196. The van der Waals surface area contributed by atoms with E-state index in [0.717, 1.165) is 47.0 Å². The van der Waals surface area contributed by atoms with E-state index < -0.39 is 5.97 Å². The van der Waals surface area contributed by atoms with Crippen molar-refractivity contribution in [2.45, 2.75) is 32.6 Å². The van der Waals surface area contributed by atoms with Crippen molar-refractivity contribution >= 4 is 40.0 Å². The number of aromatic nitrogens is 2. The minimum atomic E-state index is -1.09. The number of allylic oxidation sites excluding steroid dienone is 8. The van der Waals surface area contributed by atoms with Gasteiger partial charge in [0.2, 0.25) is 0 Å². The topological polar surface area (TPSA) is 83.0 Å². The molecule has 1 aliphatic carbocycles. The first-order valence-electron chi connectivity index (χ1n) is 12.8. The molecule has 6 heteroatoms. The van der Waals surface area contributed by atoms with Crippen LogP contribution in [0.25, 0.3) is 28.0 Å². The Morgan fingerprint density at radius 3 is 2.68 bits per heavy atom. The number of nitrogens with one attached hydrogen (secondary N) is 1. The lowest BCUT2D eigenvalue weighted by molar-refractivity contribution is -0.131. The van der Waals surface area contributed by atoms with Crippen molar-refractivity contribution in [1.82, 2.24) is 9.97 Å². The molecule has 0 fully saturated rings.